The molecule has 1 nitrogen and oxygen atoms in total. The summed E-state index contributed by atoms with van der Waals surface area (Å²) in [5.41, 5.74) is 1.05. The second-order valence-corrected chi connectivity index (χ2v) is 7.00. The molecule has 114 valence electrons. The largest absolute Gasteiger partial charge is 0.416 e. The van der Waals surface area contributed by atoms with E-state index in [1.807, 2.05) is 19.9 Å². The second-order valence-electron chi connectivity index (χ2n) is 4.86. The van der Waals surface area contributed by atoms with Crippen molar-refractivity contribution >= 4 is 27.3 Å². The van der Waals surface area contributed by atoms with Crippen molar-refractivity contribution in [2.24, 2.45) is 0 Å². The number of benzene rings is 1. The van der Waals surface area contributed by atoms with E-state index in [2.05, 4.69) is 21.2 Å². The van der Waals surface area contributed by atoms with Crippen LogP contribution in [0.2, 0.25) is 0 Å². The van der Waals surface area contributed by atoms with Gasteiger partial charge in [0.05, 0.1) is 11.6 Å². The van der Waals surface area contributed by atoms with Gasteiger partial charge in [0.1, 0.15) is 0 Å². The van der Waals surface area contributed by atoms with Gasteiger partial charge in [-0.05, 0) is 56.3 Å². The Morgan fingerprint density at radius 2 is 1.86 bits per heavy atom. The Morgan fingerprint density at radius 1 is 1.19 bits per heavy atom. The van der Waals surface area contributed by atoms with Gasteiger partial charge in [0.15, 0.2) is 0 Å². The molecule has 2 rings (SSSR count). The van der Waals surface area contributed by atoms with Crippen molar-refractivity contribution in [3.8, 4) is 0 Å². The molecule has 1 N–H and O–H groups in total. The maximum absolute atomic E-state index is 12.9. The smallest absolute Gasteiger partial charge is 0.309 e. The van der Waals surface area contributed by atoms with E-state index in [9.17, 15) is 13.2 Å². The minimum absolute atomic E-state index is 0.264. The van der Waals surface area contributed by atoms with Gasteiger partial charge in [0, 0.05) is 14.2 Å². The molecule has 1 heterocycles. The molecule has 0 aliphatic carbocycles. The van der Waals surface area contributed by atoms with Gasteiger partial charge < -0.3 is 5.32 Å². The molecule has 1 unspecified atom stereocenters. The van der Waals surface area contributed by atoms with Crippen LogP contribution in [-0.2, 0) is 6.18 Å². The quantitative estimate of drug-likeness (QED) is 0.749. The van der Waals surface area contributed by atoms with Gasteiger partial charge >= 0.3 is 6.18 Å². The Hall–Kier alpha value is -0.850. The maximum atomic E-state index is 12.9. The van der Waals surface area contributed by atoms with Gasteiger partial charge in [-0.25, -0.2) is 0 Å². The lowest BCUT2D eigenvalue weighted by Crippen LogP contribution is -2.19. The van der Waals surface area contributed by atoms with Crippen molar-refractivity contribution in [3.63, 3.8) is 0 Å². The molecule has 1 aromatic heterocycles. The van der Waals surface area contributed by atoms with Crippen LogP contribution >= 0.6 is 27.3 Å². The van der Waals surface area contributed by atoms with E-state index >= 15 is 0 Å². The minimum atomic E-state index is -4.34. The first kappa shape index (κ1) is 16.5. The average molecular weight is 378 g/mol. The van der Waals surface area contributed by atoms with Crippen LogP contribution in [0.1, 0.15) is 32.5 Å². The zero-order valence-electron chi connectivity index (χ0n) is 11.8. The molecule has 0 aliphatic heterocycles. The van der Waals surface area contributed by atoms with Crippen LogP contribution in [0.4, 0.5) is 13.2 Å². The number of rotatable bonds is 3. The Kier molecular flexibility index (Phi) is 4.80. The van der Waals surface area contributed by atoms with Gasteiger partial charge in [-0.2, -0.15) is 13.2 Å². The lowest BCUT2D eigenvalue weighted by molar-refractivity contribution is -0.137. The molecule has 6 heteroatoms. The van der Waals surface area contributed by atoms with E-state index in [0.29, 0.717) is 10.0 Å². The van der Waals surface area contributed by atoms with Crippen molar-refractivity contribution in [1.82, 2.24) is 5.32 Å². The maximum Gasteiger partial charge on any atom is 0.416 e. The highest BCUT2D eigenvalue weighted by Gasteiger charge is 2.32. The first-order valence-electron chi connectivity index (χ1n) is 6.35. The first-order chi connectivity index (χ1) is 9.74. The van der Waals surface area contributed by atoms with Crippen LogP contribution in [0.25, 0.3) is 0 Å². The van der Waals surface area contributed by atoms with E-state index in [1.54, 1.807) is 18.4 Å². The summed E-state index contributed by atoms with van der Waals surface area (Å²) in [5, 5.41) is 3.12. The highest BCUT2D eigenvalue weighted by molar-refractivity contribution is 9.10. The summed E-state index contributed by atoms with van der Waals surface area (Å²) in [6.45, 7) is 3.97. The summed E-state index contributed by atoms with van der Waals surface area (Å²) < 4.78 is 39.4. The molecule has 2 aromatic rings. The zero-order chi connectivity index (χ0) is 15.8. The Bertz CT molecular complexity index is 649. The monoisotopic (exact) mass is 377 g/mol. The van der Waals surface area contributed by atoms with E-state index in [1.165, 1.54) is 12.1 Å². The number of hydrogen-bond donors (Lipinski definition) is 1. The third-order valence-corrected chi connectivity index (χ3v) is 5.20. The van der Waals surface area contributed by atoms with Crippen molar-refractivity contribution in [3.05, 3.63) is 55.2 Å². The SMILES string of the molecule is CNC(c1cc(C(F)(F)F)ccc1Br)c1sc(C)cc1C. The average Bonchev–Trinajstić information content (AvgIpc) is 2.70. The summed E-state index contributed by atoms with van der Waals surface area (Å²) in [6.07, 6.45) is -4.34. The summed E-state index contributed by atoms with van der Waals surface area (Å²) in [6, 6.07) is 5.54. The second kappa shape index (κ2) is 6.10. The zero-order valence-corrected chi connectivity index (χ0v) is 14.2. The lowest BCUT2D eigenvalue weighted by Gasteiger charge is -2.20. The topological polar surface area (TPSA) is 12.0 Å². The van der Waals surface area contributed by atoms with Gasteiger partial charge in [0.2, 0.25) is 0 Å². The summed E-state index contributed by atoms with van der Waals surface area (Å²) in [4.78, 5) is 2.18. The van der Waals surface area contributed by atoms with E-state index in [-0.39, 0.29) is 6.04 Å². The van der Waals surface area contributed by atoms with Gasteiger partial charge in [-0.15, -0.1) is 11.3 Å². The number of hydrogen-bond acceptors (Lipinski definition) is 2. The normalized spacial score (nSPS) is 13.5. The van der Waals surface area contributed by atoms with Crippen LogP contribution in [0.15, 0.2) is 28.7 Å². The molecule has 0 saturated carbocycles. The van der Waals surface area contributed by atoms with Crippen LogP contribution in [0.3, 0.4) is 0 Å². The molecule has 1 atom stereocenters. The van der Waals surface area contributed by atoms with E-state index < -0.39 is 11.7 Å². The molecule has 0 radical (unpaired) electrons. The van der Waals surface area contributed by atoms with Crippen molar-refractivity contribution in [2.75, 3.05) is 7.05 Å². The summed E-state index contributed by atoms with van der Waals surface area (Å²) in [7, 11) is 1.76. The van der Waals surface area contributed by atoms with Crippen molar-refractivity contribution in [2.45, 2.75) is 26.1 Å². The molecule has 0 aliphatic rings. The molecular formula is C15H15BrF3NS. The van der Waals surface area contributed by atoms with Crippen LogP contribution < -0.4 is 5.32 Å². The van der Waals surface area contributed by atoms with Gasteiger partial charge in [-0.3, -0.25) is 0 Å². The molecule has 0 fully saturated rings. The minimum Gasteiger partial charge on any atom is -0.309 e. The highest BCUT2D eigenvalue weighted by atomic mass is 79.9. The predicted octanol–water partition coefficient (Wildman–Crippen LogP) is 5.46. The van der Waals surface area contributed by atoms with Crippen LogP contribution in [0, 0.1) is 13.8 Å². The number of aryl methyl sites for hydroxylation is 2. The first-order valence-corrected chi connectivity index (χ1v) is 7.96. The molecule has 0 spiro atoms. The predicted molar refractivity (Wildman–Crippen MR) is 83.8 cm³/mol. The molecular weight excluding hydrogens is 363 g/mol. The molecule has 0 amide bonds. The van der Waals surface area contributed by atoms with E-state index in [0.717, 1.165) is 21.4 Å². The number of halogens is 4. The number of nitrogens with one attached hydrogen (secondary N) is 1. The van der Waals surface area contributed by atoms with E-state index in [4.69, 9.17) is 0 Å². The summed E-state index contributed by atoms with van der Waals surface area (Å²) in [5.74, 6) is 0. The third kappa shape index (κ3) is 3.49. The Morgan fingerprint density at radius 3 is 2.33 bits per heavy atom. The molecule has 1 aromatic carbocycles. The third-order valence-electron chi connectivity index (χ3n) is 3.26. The highest BCUT2D eigenvalue weighted by Crippen LogP contribution is 2.38. The molecule has 0 saturated heterocycles. The standard InChI is InChI=1S/C15H15BrF3NS/c1-8-6-9(2)21-14(8)13(20-3)11-7-10(15(17,18)19)4-5-12(11)16/h4-7,13,20H,1-3H3. The lowest BCUT2D eigenvalue weighted by atomic mass is 10.0. The summed E-state index contributed by atoms with van der Waals surface area (Å²) >= 11 is 4.96. The van der Waals surface area contributed by atoms with Gasteiger partial charge in [0.25, 0.3) is 0 Å². The fraction of sp³-hybridized carbons (Fsp3) is 0.333. The van der Waals surface area contributed by atoms with Gasteiger partial charge in [-0.1, -0.05) is 15.9 Å². The Labute approximate surface area is 134 Å². The number of thiophene rings is 1. The molecule has 21 heavy (non-hydrogen) atoms. The Balaban J connectivity index is 2.54. The van der Waals surface area contributed by atoms with Crippen LogP contribution in [-0.4, -0.2) is 7.05 Å². The van der Waals surface area contributed by atoms with Crippen LogP contribution in [0.5, 0.6) is 0 Å². The fourth-order valence-corrected chi connectivity index (χ4v) is 3.96. The molecule has 0 bridgehead atoms. The van der Waals surface area contributed by atoms with Crippen molar-refractivity contribution in [1.29, 1.82) is 0 Å². The number of alkyl halides is 3. The van der Waals surface area contributed by atoms with Crippen molar-refractivity contribution < 1.29 is 13.2 Å². The fourth-order valence-electron chi connectivity index (χ4n) is 2.32.